The van der Waals surface area contributed by atoms with Gasteiger partial charge in [-0.2, -0.15) is 26.3 Å². The van der Waals surface area contributed by atoms with Gasteiger partial charge in [0.25, 0.3) is 5.91 Å². The number of nitrogens with zero attached hydrogens (tertiary/aromatic N) is 2. The molecule has 1 amide bonds. The molecule has 5 nitrogen and oxygen atoms in total. The van der Waals surface area contributed by atoms with Crippen molar-refractivity contribution in [3.05, 3.63) is 59.2 Å². The van der Waals surface area contributed by atoms with Crippen molar-refractivity contribution in [1.29, 1.82) is 0 Å². The summed E-state index contributed by atoms with van der Waals surface area (Å²) in [4.78, 5) is 30.7. The molecule has 0 N–H and O–H groups in total. The van der Waals surface area contributed by atoms with E-state index >= 15 is 0 Å². The van der Waals surface area contributed by atoms with Crippen LogP contribution in [0.5, 0.6) is 0 Å². The van der Waals surface area contributed by atoms with Gasteiger partial charge in [-0.15, -0.1) is 0 Å². The van der Waals surface area contributed by atoms with Crippen LogP contribution in [0, 0.1) is 11.3 Å². The summed E-state index contributed by atoms with van der Waals surface area (Å²) in [6, 6.07) is 4.32. The van der Waals surface area contributed by atoms with Crippen LogP contribution in [0.2, 0.25) is 0 Å². The number of hydrogen-bond acceptors (Lipinski definition) is 4. The topological polar surface area (TPSA) is 49.9 Å². The van der Waals surface area contributed by atoms with Gasteiger partial charge in [-0.05, 0) is 37.6 Å². The molecular formula is C26H28F6N2O3. The van der Waals surface area contributed by atoms with E-state index in [0.29, 0.717) is 18.5 Å². The first-order valence-corrected chi connectivity index (χ1v) is 12.2. The number of hydrogen-bond donors (Lipinski definition) is 0. The van der Waals surface area contributed by atoms with E-state index in [1.807, 2.05) is 6.92 Å². The Morgan fingerprint density at radius 3 is 2.32 bits per heavy atom. The maximum atomic E-state index is 14.1. The smallest absolute Gasteiger partial charge is 0.416 e. The summed E-state index contributed by atoms with van der Waals surface area (Å²) < 4.78 is 85.1. The minimum absolute atomic E-state index is 0.0253. The summed E-state index contributed by atoms with van der Waals surface area (Å²) in [5.41, 5.74) is -4.45. The molecule has 1 aromatic carbocycles. The summed E-state index contributed by atoms with van der Waals surface area (Å²) >= 11 is 0. The molecule has 1 aliphatic carbocycles. The van der Waals surface area contributed by atoms with E-state index in [0.717, 1.165) is 30.7 Å². The number of benzene rings is 1. The number of carbonyl (C=O) groups is 2. The highest BCUT2D eigenvalue weighted by Gasteiger charge is 2.77. The van der Waals surface area contributed by atoms with E-state index in [1.165, 1.54) is 23.1 Å². The second-order valence-corrected chi connectivity index (χ2v) is 9.69. The van der Waals surface area contributed by atoms with Crippen molar-refractivity contribution >= 4 is 11.9 Å². The van der Waals surface area contributed by atoms with Gasteiger partial charge in [0.15, 0.2) is 0 Å². The number of ether oxygens (including phenoxy) is 1. The van der Waals surface area contributed by atoms with Gasteiger partial charge in [0.2, 0.25) is 5.54 Å². The first-order chi connectivity index (χ1) is 17.3. The number of allylic oxidation sites excluding steroid dienone is 2. The lowest BCUT2D eigenvalue weighted by atomic mass is 9.64. The Morgan fingerprint density at radius 1 is 1.08 bits per heavy atom. The third kappa shape index (κ3) is 4.34. The SMILES string of the molecule is CCCCN1C[C@@H]2C=C(C(F)(F)F)C=C[C@]23CN(Cc2ccc(C(F)(F)F)cc2)C(=O)[C@@]13C(=O)OCC. The molecule has 2 aliphatic heterocycles. The number of halogens is 6. The van der Waals surface area contributed by atoms with Gasteiger partial charge in [0.05, 0.1) is 23.2 Å². The van der Waals surface area contributed by atoms with Gasteiger partial charge in [0.1, 0.15) is 0 Å². The number of carbonyl (C=O) groups excluding carboxylic acids is 2. The van der Waals surface area contributed by atoms with Crippen LogP contribution in [0.15, 0.2) is 48.1 Å². The maximum Gasteiger partial charge on any atom is 0.416 e. The summed E-state index contributed by atoms with van der Waals surface area (Å²) in [6.07, 6.45) is -4.43. The molecule has 3 atom stereocenters. The predicted molar refractivity (Wildman–Crippen MR) is 122 cm³/mol. The molecule has 202 valence electrons. The molecule has 0 radical (unpaired) electrons. The summed E-state index contributed by atoms with van der Waals surface area (Å²) in [5, 5.41) is 0. The van der Waals surface area contributed by atoms with Gasteiger partial charge in [-0.1, -0.05) is 43.7 Å². The molecule has 11 heteroatoms. The van der Waals surface area contributed by atoms with Crippen molar-refractivity contribution in [3.8, 4) is 0 Å². The van der Waals surface area contributed by atoms with E-state index in [4.69, 9.17) is 4.74 Å². The lowest BCUT2D eigenvalue weighted by Crippen LogP contribution is -2.63. The quantitative estimate of drug-likeness (QED) is 0.279. The second kappa shape index (κ2) is 9.49. The number of likely N-dealkylation sites (tertiary alicyclic amines) is 2. The fraction of sp³-hybridized carbons (Fsp3) is 0.538. The zero-order chi connectivity index (χ0) is 27.2. The lowest BCUT2D eigenvalue weighted by Gasteiger charge is -2.40. The highest BCUT2D eigenvalue weighted by atomic mass is 19.4. The minimum atomic E-state index is -4.59. The first kappa shape index (κ1) is 27.2. The summed E-state index contributed by atoms with van der Waals surface area (Å²) in [5.74, 6) is -2.23. The van der Waals surface area contributed by atoms with Crippen molar-refractivity contribution in [2.24, 2.45) is 11.3 Å². The van der Waals surface area contributed by atoms with Crippen molar-refractivity contribution in [3.63, 3.8) is 0 Å². The number of rotatable bonds is 7. The van der Waals surface area contributed by atoms with E-state index < -0.39 is 52.2 Å². The second-order valence-electron chi connectivity index (χ2n) is 9.69. The standard InChI is InChI=1S/C26H28F6N2O3/c1-3-5-12-34-15-20-13-19(26(30,31)32)10-11-23(20)16-33(21(35)24(23,34)22(36)37-4-2)14-17-6-8-18(9-7-17)25(27,28)29/h6-11,13,20H,3-5,12,14-16H2,1-2H3/t20-,23-,24-/m0/s1. The summed E-state index contributed by atoms with van der Waals surface area (Å²) in [7, 11) is 0. The Bertz CT molecular complexity index is 1110. The highest BCUT2D eigenvalue weighted by Crippen LogP contribution is 2.59. The van der Waals surface area contributed by atoms with Crippen LogP contribution in [0.3, 0.4) is 0 Å². The van der Waals surface area contributed by atoms with Gasteiger partial charge in [-0.3, -0.25) is 9.69 Å². The van der Waals surface area contributed by atoms with Crippen LogP contribution in [0.25, 0.3) is 0 Å². The molecule has 1 spiro atoms. The molecular weight excluding hydrogens is 502 g/mol. The lowest BCUT2D eigenvalue weighted by molar-refractivity contribution is -0.165. The largest absolute Gasteiger partial charge is 0.464 e. The molecule has 2 heterocycles. The molecule has 3 aliphatic rings. The fourth-order valence-electron chi connectivity index (χ4n) is 5.88. The molecule has 1 aromatic rings. The van der Waals surface area contributed by atoms with E-state index in [-0.39, 0.29) is 26.2 Å². The molecule has 2 fully saturated rings. The number of amides is 1. The average Bonchev–Trinajstić information content (AvgIpc) is 3.23. The third-order valence-electron chi connectivity index (χ3n) is 7.55. The van der Waals surface area contributed by atoms with Crippen molar-refractivity contribution in [2.75, 3.05) is 26.2 Å². The Balaban J connectivity index is 1.78. The van der Waals surface area contributed by atoms with Crippen LogP contribution >= 0.6 is 0 Å². The van der Waals surface area contributed by atoms with Crippen LogP contribution < -0.4 is 0 Å². The van der Waals surface area contributed by atoms with Gasteiger partial charge < -0.3 is 9.64 Å². The Hall–Kier alpha value is -2.82. The normalized spacial score (nSPS) is 27.8. The van der Waals surface area contributed by atoms with Crippen molar-refractivity contribution in [1.82, 2.24) is 9.80 Å². The van der Waals surface area contributed by atoms with Crippen molar-refractivity contribution in [2.45, 2.75) is 51.1 Å². The van der Waals surface area contributed by atoms with Crippen LogP contribution in [0.4, 0.5) is 26.3 Å². The van der Waals surface area contributed by atoms with Gasteiger partial charge in [-0.25, -0.2) is 4.79 Å². The predicted octanol–water partition coefficient (Wildman–Crippen LogP) is 5.13. The Kier molecular flexibility index (Phi) is 6.98. The Morgan fingerprint density at radius 2 is 1.76 bits per heavy atom. The maximum absolute atomic E-state index is 14.1. The molecule has 0 aromatic heterocycles. The minimum Gasteiger partial charge on any atom is -0.464 e. The number of unbranched alkanes of at least 4 members (excludes halogenated alkanes) is 1. The Labute approximate surface area is 210 Å². The molecule has 4 rings (SSSR count). The van der Waals surface area contributed by atoms with Crippen LogP contribution in [-0.2, 0) is 27.0 Å². The van der Waals surface area contributed by atoms with E-state index in [2.05, 4.69) is 0 Å². The number of alkyl halides is 6. The zero-order valence-electron chi connectivity index (χ0n) is 20.5. The molecule has 2 saturated heterocycles. The first-order valence-electron chi connectivity index (χ1n) is 12.2. The molecule has 0 saturated carbocycles. The summed E-state index contributed by atoms with van der Waals surface area (Å²) in [6.45, 7) is 3.68. The molecule has 0 unspecified atom stereocenters. The molecule has 37 heavy (non-hydrogen) atoms. The fourth-order valence-corrected chi connectivity index (χ4v) is 5.88. The zero-order valence-corrected chi connectivity index (χ0v) is 20.5. The van der Waals surface area contributed by atoms with E-state index in [9.17, 15) is 35.9 Å². The van der Waals surface area contributed by atoms with Crippen LogP contribution in [-0.4, -0.2) is 59.6 Å². The van der Waals surface area contributed by atoms with E-state index in [1.54, 1.807) is 11.8 Å². The monoisotopic (exact) mass is 530 g/mol. The van der Waals surface area contributed by atoms with Gasteiger partial charge in [0, 0.05) is 25.6 Å². The molecule has 0 bridgehead atoms. The van der Waals surface area contributed by atoms with Crippen LogP contribution in [0.1, 0.15) is 37.8 Å². The van der Waals surface area contributed by atoms with Crippen molar-refractivity contribution < 1.29 is 40.7 Å². The highest BCUT2D eigenvalue weighted by molar-refractivity contribution is 6.11. The number of esters is 1. The third-order valence-corrected chi connectivity index (χ3v) is 7.55. The van der Waals surface area contributed by atoms with Gasteiger partial charge >= 0.3 is 18.3 Å². The average molecular weight is 531 g/mol.